The molecule has 0 radical (unpaired) electrons. The Bertz CT molecular complexity index is 1240. The molecule has 2 aromatic carbocycles. The van der Waals surface area contributed by atoms with E-state index in [1.165, 1.54) is 24.3 Å². The number of carbonyl (C=O) groups is 2. The highest BCUT2D eigenvalue weighted by Gasteiger charge is 2.48. The molecule has 1 atom stereocenters. The molecule has 170 valence electrons. The number of furan rings is 1. The molecule has 2 heterocycles. The highest BCUT2D eigenvalue weighted by Crippen LogP contribution is 2.43. The molecule has 1 fully saturated rings. The monoisotopic (exact) mass is 465 g/mol. The molecule has 1 N–H and O–H groups in total. The summed E-state index contributed by atoms with van der Waals surface area (Å²) in [4.78, 5) is 27.7. The minimum absolute atomic E-state index is 0.0687. The predicted octanol–water partition coefficient (Wildman–Crippen LogP) is 5.87. The van der Waals surface area contributed by atoms with Gasteiger partial charge in [0, 0.05) is 11.3 Å². The molecule has 1 unspecified atom stereocenters. The van der Waals surface area contributed by atoms with Crippen LogP contribution in [0.3, 0.4) is 0 Å². The summed E-state index contributed by atoms with van der Waals surface area (Å²) in [6.07, 6.45) is 1.46. The van der Waals surface area contributed by atoms with Gasteiger partial charge in [0.15, 0.2) is 0 Å². The molecule has 1 saturated heterocycles. The average molecular weight is 466 g/mol. The Morgan fingerprint density at radius 1 is 1.09 bits per heavy atom. The van der Waals surface area contributed by atoms with Crippen LogP contribution in [0.4, 0.5) is 5.69 Å². The molecular formula is C26H24ClNO5. The number of ketones is 1. The quantitative estimate of drug-likeness (QED) is 0.296. The second-order valence-electron chi connectivity index (χ2n) is 8.83. The minimum atomic E-state index is -0.929. The van der Waals surface area contributed by atoms with Crippen molar-refractivity contribution in [1.29, 1.82) is 0 Å². The lowest BCUT2D eigenvalue weighted by molar-refractivity contribution is -0.132. The van der Waals surface area contributed by atoms with Crippen LogP contribution in [0.1, 0.15) is 43.7 Å². The third-order valence-corrected chi connectivity index (χ3v) is 6.01. The van der Waals surface area contributed by atoms with Gasteiger partial charge in [-0.3, -0.25) is 14.5 Å². The van der Waals surface area contributed by atoms with Crippen molar-refractivity contribution >= 4 is 34.7 Å². The summed E-state index contributed by atoms with van der Waals surface area (Å²) < 4.78 is 10.8. The zero-order chi connectivity index (χ0) is 23.9. The van der Waals surface area contributed by atoms with E-state index in [0.717, 1.165) is 5.56 Å². The van der Waals surface area contributed by atoms with Gasteiger partial charge >= 0.3 is 0 Å². The first kappa shape index (κ1) is 22.7. The van der Waals surface area contributed by atoms with Gasteiger partial charge in [-0.05, 0) is 53.4 Å². The van der Waals surface area contributed by atoms with Crippen molar-refractivity contribution in [2.24, 2.45) is 0 Å². The maximum atomic E-state index is 13.2. The van der Waals surface area contributed by atoms with E-state index in [4.69, 9.17) is 20.8 Å². The van der Waals surface area contributed by atoms with E-state index in [1.807, 2.05) is 12.1 Å². The lowest BCUT2D eigenvalue weighted by Gasteiger charge is -2.25. The molecule has 7 heteroatoms. The molecule has 0 spiro atoms. The molecule has 0 bridgehead atoms. The highest BCUT2D eigenvalue weighted by molar-refractivity contribution is 6.51. The van der Waals surface area contributed by atoms with Gasteiger partial charge < -0.3 is 14.3 Å². The van der Waals surface area contributed by atoms with E-state index >= 15 is 0 Å². The molecule has 0 aliphatic carbocycles. The number of aliphatic hydroxyl groups is 1. The van der Waals surface area contributed by atoms with Gasteiger partial charge in [-0.1, -0.05) is 44.5 Å². The number of Topliss-reactive ketones (excluding diaryl/α,β-unsaturated/α-hetero) is 1. The Morgan fingerprint density at radius 2 is 1.79 bits per heavy atom. The van der Waals surface area contributed by atoms with Gasteiger partial charge in [-0.15, -0.1) is 0 Å². The Hall–Kier alpha value is -3.51. The largest absolute Gasteiger partial charge is 0.507 e. The summed E-state index contributed by atoms with van der Waals surface area (Å²) in [6, 6.07) is 14.5. The number of halogens is 1. The maximum absolute atomic E-state index is 13.2. The van der Waals surface area contributed by atoms with Crippen LogP contribution in [0.2, 0.25) is 5.02 Å². The van der Waals surface area contributed by atoms with Crippen molar-refractivity contribution in [3.8, 4) is 5.75 Å². The molecule has 4 rings (SSSR count). The fraction of sp³-hybridized carbons (Fsp3) is 0.231. The smallest absolute Gasteiger partial charge is 0.300 e. The van der Waals surface area contributed by atoms with Gasteiger partial charge in [0.25, 0.3) is 11.7 Å². The van der Waals surface area contributed by atoms with Crippen LogP contribution in [0, 0.1) is 0 Å². The number of anilines is 1. The van der Waals surface area contributed by atoms with E-state index in [0.29, 0.717) is 27.8 Å². The molecular weight excluding hydrogens is 442 g/mol. The van der Waals surface area contributed by atoms with Gasteiger partial charge in [-0.2, -0.15) is 0 Å². The van der Waals surface area contributed by atoms with E-state index in [1.54, 1.807) is 36.4 Å². The molecule has 6 nitrogen and oxygen atoms in total. The molecule has 3 aromatic rings. The zero-order valence-electron chi connectivity index (χ0n) is 18.8. The normalized spacial score (nSPS) is 18.1. The summed E-state index contributed by atoms with van der Waals surface area (Å²) >= 11 is 6.10. The Kier molecular flexibility index (Phi) is 5.80. The number of hydrogen-bond donors (Lipinski definition) is 1. The lowest BCUT2D eigenvalue weighted by atomic mass is 9.87. The number of nitrogens with zero attached hydrogens (tertiary/aromatic N) is 1. The number of carbonyl (C=O) groups excluding carboxylic acids is 2. The van der Waals surface area contributed by atoms with Crippen molar-refractivity contribution in [2.75, 3.05) is 12.0 Å². The predicted molar refractivity (Wildman–Crippen MR) is 127 cm³/mol. The van der Waals surface area contributed by atoms with Gasteiger partial charge in [0.1, 0.15) is 23.3 Å². The Morgan fingerprint density at radius 3 is 2.36 bits per heavy atom. The number of rotatable bonds is 4. The van der Waals surface area contributed by atoms with Crippen LogP contribution in [0.25, 0.3) is 5.76 Å². The van der Waals surface area contributed by atoms with Crippen molar-refractivity contribution < 1.29 is 23.8 Å². The molecule has 0 saturated carbocycles. The van der Waals surface area contributed by atoms with Crippen LogP contribution < -0.4 is 9.64 Å². The summed E-state index contributed by atoms with van der Waals surface area (Å²) in [6.45, 7) is 6.28. The highest BCUT2D eigenvalue weighted by atomic mass is 35.5. The number of amides is 1. The number of ether oxygens (including phenoxy) is 1. The summed E-state index contributed by atoms with van der Waals surface area (Å²) in [5.41, 5.74) is 1.78. The SMILES string of the molecule is COc1cc(/C(O)=C2/C(=O)C(=O)N(c3ccc(C(C)(C)C)cc3)C2c2ccco2)ccc1Cl. The number of benzene rings is 2. The average Bonchev–Trinajstić information content (AvgIpc) is 3.40. The number of aliphatic hydroxyl groups excluding tert-OH is 1. The standard InChI is InChI=1S/C26H24ClNO5/c1-26(2,3)16-8-10-17(11-9-16)28-22(19-6-5-13-33-19)21(24(30)25(28)31)23(29)15-7-12-18(27)20(14-15)32-4/h5-14,22,29H,1-4H3/b23-21-. The van der Waals surface area contributed by atoms with E-state index in [2.05, 4.69) is 20.8 Å². The Balaban J connectivity index is 1.87. The van der Waals surface area contributed by atoms with Gasteiger partial charge in [0.05, 0.1) is 24.0 Å². The zero-order valence-corrected chi connectivity index (χ0v) is 19.5. The molecule has 1 aromatic heterocycles. The fourth-order valence-electron chi connectivity index (χ4n) is 3.90. The maximum Gasteiger partial charge on any atom is 0.300 e. The third-order valence-electron chi connectivity index (χ3n) is 5.69. The second kappa shape index (κ2) is 8.45. The van der Waals surface area contributed by atoms with E-state index < -0.39 is 17.7 Å². The van der Waals surface area contributed by atoms with Gasteiger partial charge in [0.2, 0.25) is 0 Å². The lowest BCUT2D eigenvalue weighted by Crippen LogP contribution is -2.29. The van der Waals surface area contributed by atoms with Crippen LogP contribution >= 0.6 is 11.6 Å². The number of hydrogen-bond acceptors (Lipinski definition) is 5. The van der Waals surface area contributed by atoms with Gasteiger partial charge in [-0.25, -0.2) is 0 Å². The second-order valence-corrected chi connectivity index (χ2v) is 9.24. The van der Waals surface area contributed by atoms with Crippen LogP contribution in [0.15, 0.2) is 70.9 Å². The van der Waals surface area contributed by atoms with Crippen LogP contribution in [0.5, 0.6) is 5.75 Å². The van der Waals surface area contributed by atoms with E-state index in [-0.39, 0.29) is 16.7 Å². The molecule has 33 heavy (non-hydrogen) atoms. The van der Waals surface area contributed by atoms with Crippen LogP contribution in [-0.4, -0.2) is 23.9 Å². The van der Waals surface area contributed by atoms with Crippen molar-refractivity contribution in [1.82, 2.24) is 0 Å². The minimum Gasteiger partial charge on any atom is -0.507 e. The van der Waals surface area contributed by atoms with Crippen molar-refractivity contribution in [3.05, 3.63) is 88.3 Å². The van der Waals surface area contributed by atoms with Crippen molar-refractivity contribution in [2.45, 2.75) is 32.2 Å². The first-order chi connectivity index (χ1) is 15.6. The van der Waals surface area contributed by atoms with Crippen LogP contribution in [-0.2, 0) is 15.0 Å². The third kappa shape index (κ3) is 4.02. The first-order valence-electron chi connectivity index (χ1n) is 10.4. The molecule has 1 amide bonds. The summed E-state index contributed by atoms with van der Waals surface area (Å²) in [5, 5.41) is 11.5. The topological polar surface area (TPSA) is 80.0 Å². The van der Waals surface area contributed by atoms with Crippen molar-refractivity contribution in [3.63, 3.8) is 0 Å². The Labute approximate surface area is 197 Å². The fourth-order valence-corrected chi connectivity index (χ4v) is 4.09. The number of methoxy groups -OCH3 is 1. The summed E-state index contributed by atoms with van der Waals surface area (Å²) in [7, 11) is 1.45. The molecule has 1 aliphatic rings. The van der Waals surface area contributed by atoms with E-state index in [9.17, 15) is 14.7 Å². The molecule has 1 aliphatic heterocycles. The first-order valence-corrected chi connectivity index (χ1v) is 10.8. The summed E-state index contributed by atoms with van der Waals surface area (Å²) in [5.74, 6) is -1.19.